The summed E-state index contributed by atoms with van der Waals surface area (Å²) in [5.41, 5.74) is 3.30. The number of methoxy groups -OCH3 is 1. The van der Waals surface area contributed by atoms with Crippen molar-refractivity contribution in [3.05, 3.63) is 29.3 Å². The SMILES string of the molecule is CNc1nc(Nc2ccc(C)cc2C)nc(OC)n1. The molecule has 0 fully saturated rings. The maximum atomic E-state index is 5.04. The first kappa shape index (κ1) is 13.1. The molecular formula is C13H17N5O. The highest BCUT2D eigenvalue weighted by Crippen LogP contribution is 2.20. The molecule has 0 saturated carbocycles. The van der Waals surface area contributed by atoms with Crippen LogP contribution in [0.5, 0.6) is 6.01 Å². The first-order valence-corrected chi connectivity index (χ1v) is 5.94. The molecule has 2 N–H and O–H groups in total. The van der Waals surface area contributed by atoms with E-state index < -0.39 is 0 Å². The van der Waals surface area contributed by atoms with Gasteiger partial charge in [-0.1, -0.05) is 17.7 Å². The molecule has 1 aromatic carbocycles. The number of ether oxygens (including phenoxy) is 1. The van der Waals surface area contributed by atoms with Crippen molar-refractivity contribution in [2.24, 2.45) is 0 Å². The molecule has 0 aliphatic heterocycles. The van der Waals surface area contributed by atoms with Crippen molar-refractivity contribution in [2.45, 2.75) is 13.8 Å². The molecule has 1 aromatic heterocycles. The Balaban J connectivity index is 2.31. The average Bonchev–Trinajstić information content (AvgIpc) is 2.41. The second-order valence-electron chi connectivity index (χ2n) is 4.16. The summed E-state index contributed by atoms with van der Waals surface area (Å²) in [5.74, 6) is 0.905. The fourth-order valence-corrected chi connectivity index (χ4v) is 1.69. The molecule has 0 amide bonds. The van der Waals surface area contributed by atoms with Gasteiger partial charge in [0.15, 0.2) is 0 Å². The lowest BCUT2D eigenvalue weighted by Crippen LogP contribution is -2.06. The van der Waals surface area contributed by atoms with Gasteiger partial charge in [0, 0.05) is 12.7 Å². The summed E-state index contributed by atoms with van der Waals surface area (Å²) in [4.78, 5) is 12.5. The third-order valence-electron chi connectivity index (χ3n) is 2.65. The molecule has 6 heteroatoms. The summed E-state index contributed by atoms with van der Waals surface area (Å²) in [7, 11) is 3.27. The van der Waals surface area contributed by atoms with Gasteiger partial charge in [0.1, 0.15) is 0 Å². The van der Waals surface area contributed by atoms with Gasteiger partial charge in [0.2, 0.25) is 11.9 Å². The Hall–Kier alpha value is -2.37. The van der Waals surface area contributed by atoms with Crippen LogP contribution in [0.4, 0.5) is 17.6 Å². The largest absolute Gasteiger partial charge is 0.467 e. The molecule has 0 spiro atoms. The highest BCUT2D eigenvalue weighted by molar-refractivity contribution is 5.59. The molecule has 0 radical (unpaired) electrons. The Kier molecular flexibility index (Phi) is 3.79. The van der Waals surface area contributed by atoms with E-state index in [1.807, 2.05) is 19.1 Å². The van der Waals surface area contributed by atoms with Gasteiger partial charge in [0.05, 0.1) is 7.11 Å². The number of nitrogens with one attached hydrogen (secondary N) is 2. The van der Waals surface area contributed by atoms with Gasteiger partial charge in [-0.2, -0.15) is 15.0 Å². The predicted octanol–water partition coefficient (Wildman–Crippen LogP) is 2.28. The molecule has 0 bridgehead atoms. The number of hydrogen-bond acceptors (Lipinski definition) is 6. The van der Waals surface area contributed by atoms with E-state index in [4.69, 9.17) is 4.74 Å². The summed E-state index contributed by atoms with van der Waals surface area (Å²) >= 11 is 0. The Bertz CT molecular complexity index is 563. The van der Waals surface area contributed by atoms with Crippen molar-refractivity contribution >= 4 is 17.6 Å². The lowest BCUT2D eigenvalue weighted by atomic mass is 10.1. The summed E-state index contributed by atoms with van der Waals surface area (Å²) in [5, 5.41) is 6.04. The second-order valence-corrected chi connectivity index (χ2v) is 4.16. The van der Waals surface area contributed by atoms with Gasteiger partial charge in [-0.05, 0) is 25.5 Å². The van der Waals surface area contributed by atoms with Crippen LogP contribution >= 0.6 is 0 Å². The molecule has 0 atom stereocenters. The van der Waals surface area contributed by atoms with Crippen molar-refractivity contribution in [1.82, 2.24) is 15.0 Å². The minimum absolute atomic E-state index is 0.270. The van der Waals surface area contributed by atoms with Gasteiger partial charge >= 0.3 is 6.01 Å². The first-order valence-electron chi connectivity index (χ1n) is 5.94. The Morgan fingerprint density at radius 3 is 2.42 bits per heavy atom. The third-order valence-corrected chi connectivity index (χ3v) is 2.65. The molecule has 19 heavy (non-hydrogen) atoms. The van der Waals surface area contributed by atoms with E-state index in [0.29, 0.717) is 11.9 Å². The van der Waals surface area contributed by atoms with Crippen molar-refractivity contribution in [3.8, 4) is 6.01 Å². The first-order chi connectivity index (χ1) is 9.12. The van der Waals surface area contributed by atoms with Gasteiger partial charge < -0.3 is 15.4 Å². The zero-order valence-electron chi connectivity index (χ0n) is 11.5. The topological polar surface area (TPSA) is 72.0 Å². The van der Waals surface area contributed by atoms with E-state index in [1.54, 1.807) is 7.05 Å². The average molecular weight is 259 g/mol. The van der Waals surface area contributed by atoms with Gasteiger partial charge in [-0.3, -0.25) is 0 Å². The van der Waals surface area contributed by atoms with Crippen molar-refractivity contribution in [2.75, 3.05) is 24.8 Å². The molecule has 0 unspecified atom stereocenters. The zero-order valence-corrected chi connectivity index (χ0v) is 11.5. The number of nitrogens with zero attached hydrogens (tertiary/aromatic N) is 3. The van der Waals surface area contributed by atoms with Crippen LogP contribution in [-0.2, 0) is 0 Å². The van der Waals surface area contributed by atoms with Crippen LogP contribution in [0.15, 0.2) is 18.2 Å². The smallest absolute Gasteiger partial charge is 0.322 e. The van der Waals surface area contributed by atoms with Crippen LogP contribution in [0, 0.1) is 13.8 Å². The van der Waals surface area contributed by atoms with E-state index in [9.17, 15) is 0 Å². The summed E-state index contributed by atoms with van der Waals surface area (Å²) in [6.07, 6.45) is 0. The van der Waals surface area contributed by atoms with Gasteiger partial charge in [0.25, 0.3) is 0 Å². The van der Waals surface area contributed by atoms with Gasteiger partial charge in [-0.25, -0.2) is 0 Å². The minimum Gasteiger partial charge on any atom is -0.467 e. The van der Waals surface area contributed by atoms with Gasteiger partial charge in [-0.15, -0.1) is 0 Å². The molecule has 2 rings (SSSR count). The van der Waals surface area contributed by atoms with Crippen LogP contribution < -0.4 is 15.4 Å². The Morgan fingerprint density at radius 2 is 1.79 bits per heavy atom. The van der Waals surface area contributed by atoms with Crippen LogP contribution in [0.1, 0.15) is 11.1 Å². The molecule has 0 aliphatic carbocycles. The predicted molar refractivity (Wildman–Crippen MR) is 75.1 cm³/mol. The standard InChI is InChI=1S/C13H17N5O/c1-8-5-6-10(9(2)7-8)15-12-16-11(14-3)17-13(18-12)19-4/h5-7H,1-4H3,(H2,14,15,16,17,18). The maximum absolute atomic E-state index is 5.04. The van der Waals surface area contributed by atoms with E-state index in [1.165, 1.54) is 12.7 Å². The van der Waals surface area contributed by atoms with Crippen molar-refractivity contribution < 1.29 is 4.74 Å². The number of anilines is 3. The van der Waals surface area contributed by atoms with Crippen LogP contribution in [0.2, 0.25) is 0 Å². The fourth-order valence-electron chi connectivity index (χ4n) is 1.69. The summed E-state index contributed by atoms with van der Waals surface area (Å²) in [6.45, 7) is 4.09. The monoisotopic (exact) mass is 259 g/mol. The summed E-state index contributed by atoms with van der Waals surface area (Å²) in [6, 6.07) is 6.40. The molecule has 0 aliphatic rings. The third kappa shape index (κ3) is 3.09. The van der Waals surface area contributed by atoms with E-state index in [0.717, 1.165) is 11.3 Å². The quantitative estimate of drug-likeness (QED) is 0.877. The second kappa shape index (κ2) is 5.51. The normalized spacial score (nSPS) is 10.1. The summed E-state index contributed by atoms with van der Waals surface area (Å²) < 4.78 is 5.04. The number of aryl methyl sites for hydroxylation is 2. The molecule has 6 nitrogen and oxygen atoms in total. The Morgan fingerprint density at radius 1 is 1.05 bits per heavy atom. The van der Waals surface area contributed by atoms with E-state index >= 15 is 0 Å². The molecular weight excluding hydrogens is 242 g/mol. The highest BCUT2D eigenvalue weighted by atomic mass is 16.5. The van der Waals surface area contributed by atoms with Crippen molar-refractivity contribution in [1.29, 1.82) is 0 Å². The number of rotatable bonds is 4. The van der Waals surface area contributed by atoms with E-state index in [-0.39, 0.29) is 6.01 Å². The molecule has 0 saturated heterocycles. The lowest BCUT2D eigenvalue weighted by molar-refractivity contribution is 0.379. The number of benzene rings is 1. The number of hydrogen-bond donors (Lipinski definition) is 2. The fraction of sp³-hybridized carbons (Fsp3) is 0.308. The van der Waals surface area contributed by atoms with Crippen LogP contribution in [0.3, 0.4) is 0 Å². The lowest BCUT2D eigenvalue weighted by Gasteiger charge is -2.10. The molecule has 100 valence electrons. The van der Waals surface area contributed by atoms with E-state index in [2.05, 4.69) is 38.6 Å². The minimum atomic E-state index is 0.270. The highest BCUT2D eigenvalue weighted by Gasteiger charge is 2.07. The maximum Gasteiger partial charge on any atom is 0.322 e. The molecule has 1 heterocycles. The Labute approximate surface area is 112 Å². The molecule has 2 aromatic rings. The van der Waals surface area contributed by atoms with Crippen LogP contribution in [0.25, 0.3) is 0 Å². The zero-order chi connectivity index (χ0) is 13.8. The van der Waals surface area contributed by atoms with Crippen LogP contribution in [-0.4, -0.2) is 29.1 Å². The number of aromatic nitrogens is 3. The van der Waals surface area contributed by atoms with Crippen molar-refractivity contribution in [3.63, 3.8) is 0 Å².